The summed E-state index contributed by atoms with van der Waals surface area (Å²) in [6, 6.07) is 1.98. The molecule has 0 aliphatic carbocycles. The van der Waals surface area contributed by atoms with E-state index in [4.69, 9.17) is 16.3 Å². The van der Waals surface area contributed by atoms with E-state index in [1.54, 1.807) is 6.92 Å². The Morgan fingerprint density at radius 2 is 2.11 bits per heavy atom. The second-order valence-corrected chi connectivity index (χ2v) is 8.33. The van der Waals surface area contributed by atoms with Gasteiger partial charge < -0.3 is 4.74 Å². The smallest absolute Gasteiger partial charge is 0.416 e. The highest BCUT2D eigenvalue weighted by Crippen LogP contribution is 2.33. The van der Waals surface area contributed by atoms with Crippen molar-refractivity contribution in [2.24, 2.45) is 4.99 Å². The fourth-order valence-electron chi connectivity index (χ4n) is 2.32. The molecule has 1 fully saturated rings. The van der Waals surface area contributed by atoms with Gasteiger partial charge in [-0.05, 0) is 31.5 Å². The number of alkyl halides is 3. The fraction of sp³-hybridized carbons (Fsp3) is 0.467. The number of hydrazine groups is 1. The summed E-state index contributed by atoms with van der Waals surface area (Å²) in [5.41, 5.74) is 3.70. The molecule has 2 rings (SSSR count). The number of sulfone groups is 1. The van der Waals surface area contributed by atoms with Crippen LogP contribution in [0.3, 0.4) is 0 Å². The lowest BCUT2D eigenvalue weighted by atomic mass is 10.2. The Hall–Kier alpha value is -2.01. The van der Waals surface area contributed by atoms with Crippen LogP contribution in [0.25, 0.3) is 0 Å². The summed E-state index contributed by atoms with van der Waals surface area (Å²) in [6.07, 6.45) is -4.34. The minimum absolute atomic E-state index is 0.0258. The highest BCUT2D eigenvalue weighted by Gasteiger charge is 2.31. The number of hydrogen-bond acceptors (Lipinski definition) is 6. The zero-order valence-electron chi connectivity index (χ0n) is 14.1. The van der Waals surface area contributed by atoms with E-state index in [-0.39, 0.29) is 41.1 Å². The number of ether oxygens (including phenoxy) is 1. The van der Waals surface area contributed by atoms with Crippen molar-refractivity contribution < 1.29 is 31.1 Å². The largest absolute Gasteiger partial charge is 0.460 e. The molecule has 1 aromatic rings. The van der Waals surface area contributed by atoms with Crippen LogP contribution in [0, 0.1) is 0 Å². The molecule has 1 heterocycles. The predicted molar refractivity (Wildman–Crippen MR) is 94.3 cm³/mol. The van der Waals surface area contributed by atoms with Crippen LogP contribution in [-0.4, -0.2) is 44.4 Å². The number of aliphatic imine (C=N–C) groups is 1. The Bertz CT molecular complexity index is 843. The maximum atomic E-state index is 12.8. The van der Waals surface area contributed by atoms with Crippen LogP contribution >= 0.6 is 11.6 Å². The first-order chi connectivity index (χ1) is 12.5. The van der Waals surface area contributed by atoms with Crippen LogP contribution in [0.2, 0.25) is 5.02 Å². The average Bonchev–Trinajstić information content (AvgIpc) is 2.90. The van der Waals surface area contributed by atoms with Crippen molar-refractivity contribution in [1.82, 2.24) is 5.43 Å². The molecule has 0 bridgehead atoms. The zero-order valence-corrected chi connectivity index (χ0v) is 15.7. The van der Waals surface area contributed by atoms with Crippen LogP contribution in [-0.2, 0) is 25.5 Å². The third-order valence-electron chi connectivity index (χ3n) is 3.60. The van der Waals surface area contributed by atoms with Gasteiger partial charge in [-0.2, -0.15) is 13.2 Å². The van der Waals surface area contributed by atoms with Gasteiger partial charge in [-0.1, -0.05) is 11.6 Å². The molecule has 0 aromatic heterocycles. The average molecular weight is 428 g/mol. The van der Waals surface area contributed by atoms with Crippen LogP contribution in [0.5, 0.6) is 0 Å². The molecule has 2 N–H and O–H groups in total. The van der Waals surface area contributed by atoms with Crippen molar-refractivity contribution in [3.8, 4) is 0 Å². The number of amidine groups is 1. The number of halogens is 4. The lowest BCUT2D eigenvalue weighted by Crippen LogP contribution is -2.38. The first-order valence-corrected chi connectivity index (χ1v) is 10.1. The third kappa shape index (κ3) is 5.99. The number of rotatable bonds is 4. The number of nitrogens with one attached hydrogen (secondary N) is 2. The van der Waals surface area contributed by atoms with Crippen molar-refractivity contribution in [2.45, 2.75) is 25.6 Å². The number of hydrogen-bond donors (Lipinski definition) is 2. The standard InChI is InChI=1S/C15H17ClF3N3O4S/c1-2-26-14(23)13(20-10-5-6-27(24,25)8-10)22-21-12-7-9(15(17,18)19)3-4-11(12)16/h3-4,7,10,21H,2,5-6,8H2,1H3,(H,20,22)/t10-/m0/s1. The lowest BCUT2D eigenvalue weighted by molar-refractivity contribution is -0.137. The lowest BCUT2D eigenvalue weighted by Gasteiger charge is -2.15. The maximum absolute atomic E-state index is 12.8. The highest BCUT2D eigenvalue weighted by molar-refractivity contribution is 7.91. The van der Waals surface area contributed by atoms with Gasteiger partial charge >= 0.3 is 12.1 Å². The van der Waals surface area contributed by atoms with E-state index in [2.05, 4.69) is 15.8 Å². The molecule has 1 aliphatic heterocycles. The summed E-state index contributed by atoms with van der Waals surface area (Å²) in [6.45, 7) is 1.60. The van der Waals surface area contributed by atoms with Crippen LogP contribution in [0.1, 0.15) is 18.9 Å². The van der Waals surface area contributed by atoms with E-state index in [1.165, 1.54) is 0 Å². The normalized spacial score (nSPS) is 19.6. The van der Waals surface area contributed by atoms with Gasteiger partial charge in [0.1, 0.15) is 0 Å². The van der Waals surface area contributed by atoms with Gasteiger partial charge in [0, 0.05) is 0 Å². The van der Waals surface area contributed by atoms with Crippen molar-refractivity contribution in [1.29, 1.82) is 0 Å². The maximum Gasteiger partial charge on any atom is 0.416 e. The van der Waals surface area contributed by atoms with Crippen molar-refractivity contribution in [3.63, 3.8) is 0 Å². The van der Waals surface area contributed by atoms with Gasteiger partial charge in [-0.15, -0.1) is 0 Å². The Morgan fingerprint density at radius 1 is 1.41 bits per heavy atom. The minimum Gasteiger partial charge on any atom is -0.460 e. The summed E-state index contributed by atoms with van der Waals surface area (Å²) in [7, 11) is -3.23. The summed E-state index contributed by atoms with van der Waals surface area (Å²) in [5.74, 6) is -1.50. The Labute approximate surface area is 158 Å². The highest BCUT2D eigenvalue weighted by atomic mass is 35.5. The number of nitrogens with zero attached hydrogens (tertiary/aromatic N) is 1. The van der Waals surface area contributed by atoms with Gasteiger partial charge in [0.05, 0.1) is 40.4 Å². The molecule has 0 amide bonds. The Morgan fingerprint density at radius 3 is 2.67 bits per heavy atom. The molecule has 0 saturated carbocycles. The first-order valence-electron chi connectivity index (χ1n) is 7.86. The van der Waals surface area contributed by atoms with Crippen LogP contribution in [0.4, 0.5) is 18.9 Å². The van der Waals surface area contributed by atoms with E-state index in [1.807, 2.05) is 0 Å². The molecular formula is C15H17ClF3N3O4S. The number of anilines is 1. The van der Waals surface area contributed by atoms with Gasteiger partial charge in [-0.25, -0.2) is 13.2 Å². The zero-order chi connectivity index (χ0) is 20.2. The Kier molecular flexibility index (Phi) is 6.58. The first kappa shape index (κ1) is 21.3. The fourth-order valence-corrected chi connectivity index (χ4v) is 4.11. The quantitative estimate of drug-likeness (QED) is 0.331. The third-order valence-corrected chi connectivity index (χ3v) is 5.68. The Balaban J connectivity index is 2.20. The molecule has 1 aromatic carbocycles. The monoisotopic (exact) mass is 427 g/mol. The van der Waals surface area contributed by atoms with Crippen molar-refractivity contribution in [3.05, 3.63) is 28.8 Å². The second kappa shape index (κ2) is 8.34. The SMILES string of the molecule is CCOC(=O)C(=N[C@H]1CCS(=O)(=O)C1)NNc1cc(C(F)(F)F)ccc1Cl. The number of carbonyl (C=O) groups excluding carboxylic acids is 1. The van der Waals surface area contributed by atoms with E-state index in [0.29, 0.717) is 0 Å². The van der Waals surface area contributed by atoms with E-state index in [0.717, 1.165) is 18.2 Å². The molecule has 0 radical (unpaired) electrons. The van der Waals surface area contributed by atoms with Crippen LogP contribution < -0.4 is 10.9 Å². The second-order valence-electron chi connectivity index (χ2n) is 5.70. The molecule has 1 atom stereocenters. The molecule has 27 heavy (non-hydrogen) atoms. The van der Waals surface area contributed by atoms with Crippen molar-refractivity contribution >= 4 is 38.9 Å². The summed E-state index contributed by atoms with van der Waals surface area (Å²) in [5, 5.41) is -0.0258. The van der Waals surface area contributed by atoms with Gasteiger partial charge in [0.25, 0.3) is 0 Å². The molecule has 0 spiro atoms. The topological polar surface area (TPSA) is 96.9 Å². The summed E-state index contributed by atoms with van der Waals surface area (Å²) in [4.78, 5) is 16.0. The number of benzene rings is 1. The van der Waals surface area contributed by atoms with Gasteiger partial charge in [0.2, 0.25) is 5.84 Å². The molecular weight excluding hydrogens is 411 g/mol. The molecule has 150 valence electrons. The minimum atomic E-state index is -4.57. The predicted octanol–water partition coefficient (Wildman–Crippen LogP) is 2.42. The number of carbonyl (C=O) groups is 1. The van der Waals surface area contributed by atoms with Crippen molar-refractivity contribution in [2.75, 3.05) is 23.5 Å². The van der Waals surface area contributed by atoms with E-state index in [9.17, 15) is 26.4 Å². The summed E-state index contributed by atoms with van der Waals surface area (Å²) < 4.78 is 66.4. The van der Waals surface area contributed by atoms with E-state index >= 15 is 0 Å². The number of esters is 1. The summed E-state index contributed by atoms with van der Waals surface area (Å²) >= 11 is 5.87. The molecule has 12 heteroatoms. The van der Waals surface area contributed by atoms with Gasteiger partial charge in [-0.3, -0.25) is 15.8 Å². The molecule has 1 aliphatic rings. The van der Waals surface area contributed by atoms with Gasteiger partial charge in [0.15, 0.2) is 9.84 Å². The van der Waals surface area contributed by atoms with E-state index < -0.39 is 33.6 Å². The van der Waals surface area contributed by atoms with Crippen LogP contribution in [0.15, 0.2) is 23.2 Å². The molecule has 0 unspecified atom stereocenters. The molecule has 1 saturated heterocycles. The molecule has 7 nitrogen and oxygen atoms in total.